The number of imide groups is 1. The van der Waals surface area contributed by atoms with E-state index in [4.69, 9.17) is 15.9 Å². The second kappa shape index (κ2) is 11.0. The molecular weight excluding hydrogens is 592 g/mol. The van der Waals surface area contributed by atoms with Crippen molar-refractivity contribution in [3.05, 3.63) is 48.2 Å². The number of nitrogens with one attached hydrogen (secondary N) is 1. The van der Waals surface area contributed by atoms with Gasteiger partial charge < -0.3 is 10.6 Å². The maximum atomic E-state index is 13.1. The van der Waals surface area contributed by atoms with Crippen LogP contribution >= 0.6 is 0 Å². The van der Waals surface area contributed by atoms with Crippen LogP contribution in [0.5, 0.6) is 0 Å². The molecule has 4 fully saturated rings. The van der Waals surface area contributed by atoms with Gasteiger partial charge in [-0.25, -0.2) is 8.78 Å². The molecule has 2 aliphatic heterocycles. The number of aryl methyl sites for hydroxylation is 1. The Morgan fingerprint density at radius 1 is 1.02 bits per heavy atom. The molecule has 2 saturated carbocycles. The Kier molecular flexibility index (Phi) is 7.00. The second-order valence-corrected chi connectivity index (χ2v) is 14.1. The Morgan fingerprint density at radius 2 is 1.80 bits per heavy atom. The molecule has 1 atom stereocenters. The van der Waals surface area contributed by atoms with Gasteiger partial charge in [0.05, 0.1) is 35.2 Å². The second-order valence-electron chi connectivity index (χ2n) is 14.1. The molecule has 1 spiro atoms. The van der Waals surface area contributed by atoms with E-state index in [2.05, 4.69) is 32.3 Å². The van der Waals surface area contributed by atoms with Crippen molar-refractivity contribution >= 4 is 28.4 Å². The number of nitrogen functional groups attached to an aromatic ring is 1. The smallest absolute Gasteiger partial charge is 0.284 e. The highest BCUT2D eigenvalue weighted by atomic mass is 19.3. The largest absolute Gasteiger partial charge is 0.396 e. The van der Waals surface area contributed by atoms with Gasteiger partial charge in [0.2, 0.25) is 5.91 Å². The number of rotatable bonds is 7. The Morgan fingerprint density at radius 3 is 2.52 bits per heavy atom. The summed E-state index contributed by atoms with van der Waals surface area (Å²) in [7, 11) is 0. The first kappa shape index (κ1) is 29.3. The van der Waals surface area contributed by atoms with Crippen molar-refractivity contribution in [3.63, 3.8) is 0 Å². The average molecular weight is 632 g/mol. The molecule has 2 aliphatic carbocycles. The maximum absolute atomic E-state index is 13.1. The molecule has 1 aromatic carbocycles. The maximum Gasteiger partial charge on any atom is 0.284 e. The van der Waals surface area contributed by atoms with Crippen LogP contribution in [0.3, 0.4) is 0 Å². The van der Waals surface area contributed by atoms with Gasteiger partial charge in [-0.3, -0.25) is 29.0 Å². The summed E-state index contributed by atoms with van der Waals surface area (Å²) in [6.45, 7) is 5.32. The van der Waals surface area contributed by atoms with E-state index in [0.29, 0.717) is 30.2 Å². The van der Waals surface area contributed by atoms with Crippen molar-refractivity contribution in [1.29, 1.82) is 0 Å². The number of halogens is 2. The lowest BCUT2D eigenvalue weighted by atomic mass is 9.60. The van der Waals surface area contributed by atoms with Crippen LogP contribution in [-0.4, -0.2) is 65.7 Å². The molecule has 8 rings (SSSR count). The monoisotopic (exact) mass is 631 g/mol. The third-order valence-corrected chi connectivity index (χ3v) is 10.9. The van der Waals surface area contributed by atoms with Crippen molar-refractivity contribution in [2.24, 2.45) is 11.3 Å². The minimum atomic E-state index is -2.64. The Bertz CT molecular complexity index is 1800. The highest BCUT2D eigenvalue weighted by molar-refractivity contribution is 6.01. The highest BCUT2D eigenvalue weighted by Crippen LogP contribution is 2.54. The molecule has 46 heavy (non-hydrogen) atoms. The molecule has 13 heteroatoms. The van der Waals surface area contributed by atoms with Gasteiger partial charge in [0.1, 0.15) is 6.04 Å². The van der Waals surface area contributed by atoms with Gasteiger partial charge in [0.25, 0.3) is 12.3 Å². The Balaban J connectivity index is 0.861. The predicted molar refractivity (Wildman–Crippen MR) is 167 cm³/mol. The molecule has 0 radical (unpaired) electrons. The fourth-order valence-electron chi connectivity index (χ4n) is 8.60. The number of benzene rings is 1. The molecule has 4 aromatic rings. The van der Waals surface area contributed by atoms with Gasteiger partial charge in [0, 0.05) is 49.4 Å². The van der Waals surface area contributed by atoms with Gasteiger partial charge in [0.15, 0.2) is 5.69 Å². The number of hydrogen-bond donors (Lipinski definition) is 2. The van der Waals surface area contributed by atoms with Gasteiger partial charge in [-0.15, -0.1) is 0 Å². The number of fused-ring (bicyclic) bond motifs is 1. The van der Waals surface area contributed by atoms with Crippen LogP contribution in [0.15, 0.2) is 36.8 Å². The minimum Gasteiger partial charge on any atom is -0.396 e. The Hall–Kier alpha value is -4.13. The summed E-state index contributed by atoms with van der Waals surface area (Å²) >= 11 is 0. The molecule has 3 aromatic heterocycles. The zero-order chi connectivity index (χ0) is 31.7. The zero-order valence-electron chi connectivity index (χ0n) is 25.9. The number of carbonyl (C=O) groups is 2. The first-order valence-corrected chi connectivity index (χ1v) is 16.4. The fourth-order valence-corrected chi connectivity index (χ4v) is 8.60. The summed E-state index contributed by atoms with van der Waals surface area (Å²) in [5, 5.41) is 17.0. The molecule has 3 N–H and O–H groups in total. The first-order valence-electron chi connectivity index (χ1n) is 16.4. The van der Waals surface area contributed by atoms with Crippen LogP contribution < -0.4 is 11.1 Å². The van der Waals surface area contributed by atoms with E-state index in [9.17, 15) is 18.4 Å². The van der Waals surface area contributed by atoms with Crippen LogP contribution in [0.4, 0.5) is 14.5 Å². The fraction of sp³-hybridized carbons (Fsp3) is 0.545. The number of piperidine rings is 1. The van der Waals surface area contributed by atoms with E-state index in [1.165, 1.54) is 0 Å². The van der Waals surface area contributed by atoms with Crippen LogP contribution in [0.1, 0.15) is 87.3 Å². The van der Waals surface area contributed by atoms with Gasteiger partial charge in [-0.05, 0) is 74.8 Å². The van der Waals surface area contributed by atoms with Crippen molar-refractivity contribution in [1.82, 2.24) is 39.6 Å². The van der Waals surface area contributed by atoms with Gasteiger partial charge in [-0.1, -0.05) is 12.1 Å². The van der Waals surface area contributed by atoms with Crippen LogP contribution in [0.25, 0.3) is 22.0 Å². The number of aromatic nitrogens is 6. The molecule has 2 amide bonds. The topological polar surface area (TPSA) is 129 Å². The highest BCUT2D eigenvalue weighted by Gasteiger charge is 2.53. The number of likely N-dealkylation sites (tertiary alicyclic amines) is 1. The summed E-state index contributed by atoms with van der Waals surface area (Å²) in [6.07, 6.45) is 10.1. The molecule has 2 saturated heterocycles. The number of hydrogen-bond acceptors (Lipinski definition) is 7. The lowest BCUT2D eigenvalue weighted by Gasteiger charge is -2.59. The van der Waals surface area contributed by atoms with Crippen LogP contribution in [0.2, 0.25) is 0 Å². The van der Waals surface area contributed by atoms with Crippen molar-refractivity contribution < 1.29 is 18.4 Å². The zero-order valence-corrected chi connectivity index (χ0v) is 25.9. The molecule has 242 valence electrons. The predicted octanol–water partition coefficient (Wildman–Crippen LogP) is 4.97. The normalized spacial score (nSPS) is 25.3. The van der Waals surface area contributed by atoms with E-state index in [-0.39, 0.29) is 29.2 Å². The molecule has 1 unspecified atom stereocenters. The van der Waals surface area contributed by atoms with Crippen molar-refractivity contribution in [2.45, 2.75) is 82.8 Å². The van der Waals surface area contributed by atoms with E-state index < -0.39 is 12.5 Å². The van der Waals surface area contributed by atoms with Crippen molar-refractivity contribution in [3.8, 4) is 11.1 Å². The molecule has 5 heterocycles. The summed E-state index contributed by atoms with van der Waals surface area (Å²) in [6, 6.07) is 6.09. The molecule has 4 aliphatic rings. The van der Waals surface area contributed by atoms with Gasteiger partial charge in [-0.2, -0.15) is 15.3 Å². The van der Waals surface area contributed by atoms with E-state index >= 15 is 0 Å². The number of anilines is 1. The third kappa shape index (κ3) is 4.99. The van der Waals surface area contributed by atoms with Gasteiger partial charge >= 0.3 is 0 Å². The summed E-state index contributed by atoms with van der Waals surface area (Å²) in [4.78, 5) is 26.9. The SMILES string of the molecule is Cc1nn(C2CCC(=O)NC2=O)c2cccc(-c3cnn(C4CC5(C4)CN(CC4CCC(n6cc(N)c(C(F)F)n6)CC4)C5)c3)c12. The number of amides is 2. The lowest BCUT2D eigenvalue weighted by molar-refractivity contribution is -0.135. The number of nitrogens with zero attached hydrogens (tertiary/aromatic N) is 7. The van der Waals surface area contributed by atoms with Crippen LogP contribution in [-0.2, 0) is 9.59 Å². The van der Waals surface area contributed by atoms with Crippen molar-refractivity contribution in [2.75, 3.05) is 25.4 Å². The molecule has 0 bridgehead atoms. The molecule has 11 nitrogen and oxygen atoms in total. The third-order valence-electron chi connectivity index (χ3n) is 10.9. The van der Waals surface area contributed by atoms with E-state index in [0.717, 1.165) is 85.9 Å². The van der Waals surface area contributed by atoms with E-state index in [1.54, 1.807) is 15.6 Å². The number of nitrogens with two attached hydrogens (primary N) is 1. The van der Waals surface area contributed by atoms with E-state index in [1.807, 2.05) is 25.3 Å². The summed E-state index contributed by atoms with van der Waals surface area (Å²) < 4.78 is 31.7. The average Bonchev–Trinajstić information content (AvgIpc) is 3.72. The molecular formula is C33H39F2N9O2. The number of alkyl halides is 2. The standard InChI is InChI=1S/C33H39F2N9O2/c1-19-29-24(3-2-4-26(29)44(39-19)27-9-10-28(45)38-32(27)46)21-13-37-42(15-21)23-11-33(12-23)17-41(18-33)14-20-5-7-22(8-6-20)43-16-25(36)30(40-43)31(34)35/h2-4,13,15-16,20,22-23,27,31H,5-12,14,17-18,36H2,1H3,(H,38,45,46). The summed E-state index contributed by atoms with van der Waals surface area (Å²) in [5.41, 5.74) is 9.72. The minimum absolute atomic E-state index is 0.0830. The first-order chi connectivity index (χ1) is 22.2. The lowest BCUT2D eigenvalue weighted by Crippen LogP contribution is -2.63. The van der Waals surface area contributed by atoms with Crippen LogP contribution in [0, 0.1) is 18.3 Å². The number of carbonyl (C=O) groups excluding carboxylic acids is 2. The Labute approximate surface area is 265 Å². The quantitative estimate of drug-likeness (QED) is 0.276. The summed E-state index contributed by atoms with van der Waals surface area (Å²) in [5.74, 6) is 0.0941.